The number of aromatic amines is 1. The van der Waals surface area contributed by atoms with Crippen molar-refractivity contribution in [2.45, 2.75) is 6.54 Å². The van der Waals surface area contributed by atoms with Gasteiger partial charge in [0, 0.05) is 6.20 Å². The zero-order valence-corrected chi connectivity index (χ0v) is 9.60. The van der Waals surface area contributed by atoms with Crippen molar-refractivity contribution < 1.29 is 4.79 Å². The lowest BCUT2D eigenvalue weighted by molar-refractivity contribution is 0.0948. The number of nitrogens with one attached hydrogen (secondary N) is 2. The molecule has 0 aliphatic carbocycles. The summed E-state index contributed by atoms with van der Waals surface area (Å²) in [6, 6.07) is 3.36. The molecule has 2 N–H and O–H groups in total. The highest BCUT2D eigenvalue weighted by Crippen LogP contribution is 2.11. The van der Waals surface area contributed by atoms with Gasteiger partial charge in [0.05, 0.1) is 12.1 Å². The standard InChI is InChI=1S/C8H7BrN6O/c9-7-5(2-1-3-10-7)8(16)11-4-6-12-14-15-13-6/h1-3H,4H2,(H,11,16)(H,12,13,14,15). The van der Waals surface area contributed by atoms with Crippen molar-refractivity contribution >= 4 is 21.8 Å². The second-order valence-electron chi connectivity index (χ2n) is 2.85. The highest BCUT2D eigenvalue weighted by molar-refractivity contribution is 9.10. The van der Waals surface area contributed by atoms with Gasteiger partial charge in [0.1, 0.15) is 4.60 Å². The Bertz CT molecular complexity index is 485. The number of hydrogen-bond acceptors (Lipinski definition) is 5. The third-order valence-electron chi connectivity index (χ3n) is 1.80. The predicted octanol–water partition coefficient (Wildman–Crippen LogP) is 0.287. The van der Waals surface area contributed by atoms with E-state index >= 15 is 0 Å². The van der Waals surface area contributed by atoms with Gasteiger partial charge in [-0.2, -0.15) is 5.21 Å². The van der Waals surface area contributed by atoms with E-state index in [0.29, 0.717) is 16.0 Å². The topological polar surface area (TPSA) is 96.5 Å². The van der Waals surface area contributed by atoms with Crippen LogP contribution in [0.5, 0.6) is 0 Å². The second-order valence-corrected chi connectivity index (χ2v) is 3.60. The van der Waals surface area contributed by atoms with Crippen LogP contribution < -0.4 is 5.32 Å². The molecule has 0 unspecified atom stereocenters. The molecule has 0 radical (unpaired) electrons. The number of hydrogen-bond donors (Lipinski definition) is 2. The summed E-state index contributed by atoms with van der Waals surface area (Å²) in [7, 11) is 0. The minimum absolute atomic E-state index is 0.219. The van der Waals surface area contributed by atoms with Crippen LogP contribution in [0, 0.1) is 0 Å². The average Bonchev–Trinajstić information content (AvgIpc) is 2.79. The molecule has 1 amide bonds. The zero-order valence-electron chi connectivity index (χ0n) is 8.01. The molecule has 2 aromatic heterocycles. The van der Waals surface area contributed by atoms with Crippen LogP contribution in [-0.2, 0) is 6.54 Å². The van der Waals surface area contributed by atoms with E-state index in [-0.39, 0.29) is 12.5 Å². The maximum Gasteiger partial charge on any atom is 0.254 e. The summed E-state index contributed by atoms with van der Waals surface area (Å²) in [6.07, 6.45) is 1.60. The number of nitrogens with zero attached hydrogens (tertiary/aromatic N) is 4. The van der Waals surface area contributed by atoms with Gasteiger partial charge in [-0.05, 0) is 28.1 Å². The molecule has 16 heavy (non-hydrogen) atoms. The first-order chi connectivity index (χ1) is 7.77. The summed E-state index contributed by atoms with van der Waals surface area (Å²) in [5, 5.41) is 15.8. The first-order valence-electron chi connectivity index (χ1n) is 4.38. The summed E-state index contributed by atoms with van der Waals surface area (Å²) in [4.78, 5) is 15.6. The van der Waals surface area contributed by atoms with Crippen molar-refractivity contribution in [3.05, 3.63) is 34.3 Å². The number of carbonyl (C=O) groups is 1. The van der Waals surface area contributed by atoms with Gasteiger partial charge < -0.3 is 5.32 Å². The van der Waals surface area contributed by atoms with Crippen molar-refractivity contribution in [1.82, 2.24) is 30.9 Å². The molecule has 0 atom stereocenters. The number of H-pyrrole nitrogens is 1. The first kappa shape index (κ1) is 10.7. The van der Waals surface area contributed by atoms with Gasteiger partial charge in [-0.1, -0.05) is 5.21 Å². The summed E-state index contributed by atoms with van der Waals surface area (Å²) in [5.41, 5.74) is 0.464. The van der Waals surface area contributed by atoms with Crippen LogP contribution >= 0.6 is 15.9 Å². The molecule has 0 saturated carbocycles. The summed E-state index contributed by atoms with van der Waals surface area (Å²) in [6.45, 7) is 0.219. The van der Waals surface area contributed by atoms with E-state index in [2.05, 4.69) is 46.9 Å². The predicted molar refractivity (Wildman–Crippen MR) is 57.3 cm³/mol. The van der Waals surface area contributed by atoms with E-state index < -0.39 is 0 Å². The number of carbonyl (C=O) groups excluding carboxylic acids is 1. The third kappa shape index (κ3) is 2.40. The Balaban J connectivity index is 2.01. The lowest BCUT2D eigenvalue weighted by atomic mass is 10.3. The fraction of sp³-hybridized carbons (Fsp3) is 0.125. The Morgan fingerprint density at radius 3 is 3.12 bits per heavy atom. The number of halogens is 1. The molecule has 2 rings (SSSR count). The number of aromatic nitrogens is 5. The summed E-state index contributed by atoms with van der Waals surface area (Å²) < 4.78 is 0.501. The molecule has 0 aromatic carbocycles. The highest BCUT2D eigenvalue weighted by atomic mass is 79.9. The Kier molecular flexibility index (Phi) is 3.20. The largest absolute Gasteiger partial charge is 0.345 e. The van der Waals surface area contributed by atoms with Crippen LogP contribution in [0.3, 0.4) is 0 Å². The molecule has 2 heterocycles. The van der Waals surface area contributed by atoms with E-state index in [9.17, 15) is 4.79 Å². The second kappa shape index (κ2) is 4.79. The van der Waals surface area contributed by atoms with E-state index in [0.717, 1.165) is 0 Å². The SMILES string of the molecule is O=C(NCc1nn[nH]n1)c1cccnc1Br. The molecule has 7 nitrogen and oxygen atoms in total. The third-order valence-corrected chi connectivity index (χ3v) is 2.43. The normalized spacial score (nSPS) is 10.1. The van der Waals surface area contributed by atoms with Gasteiger partial charge in [0.25, 0.3) is 5.91 Å². The Morgan fingerprint density at radius 1 is 1.56 bits per heavy atom. The molecular formula is C8H7BrN6O. The van der Waals surface area contributed by atoms with Crippen LogP contribution in [0.15, 0.2) is 22.9 Å². The fourth-order valence-corrected chi connectivity index (χ4v) is 1.50. The Morgan fingerprint density at radius 2 is 2.44 bits per heavy atom. The zero-order chi connectivity index (χ0) is 11.4. The van der Waals surface area contributed by atoms with Crippen molar-refractivity contribution in [3.63, 3.8) is 0 Å². The Labute approximate surface area is 98.8 Å². The molecule has 2 aromatic rings. The van der Waals surface area contributed by atoms with Crippen molar-refractivity contribution in [2.24, 2.45) is 0 Å². The van der Waals surface area contributed by atoms with Gasteiger partial charge in [-0.25, -0.2) is 4.98 Å². The maximum absolute atomic E-state index is 11.7. The van der Waals surface area contributed by atoms with E-state index in [1.807, 2.05) is 0 Å². The maximum atomic E-state index is 11.7. The van der Waals surface area contributed by atoms with Gasteiger partial charge in [0.2, 0.25) is 0 Å². The summed E-state index contributed by atoms with van der Waals surface area (Å²) in [5.74, 6) is 0.179. The van der Waals surface area contributed by atoms with Crippen molar-refractivity contribution in [1.29, 1.82) is 0 Å². The fourth-order valence-electron chi connectivity index (χ4n) is 1.07. The van der Waals surface area contributed by atoms with Crippen molar-refractivity contribution in [2.75, 3.05) is 0 Å². The lowest BCUT2D eigenvalue weighted by Gasteiger charge is -2.03. The average molecular weight is 283 g/mol. The first-order valence-corrected chi connectivity index (χ1v) is 5.17. The smallest absolute Gasteiger partial charge is 0.254 e. The number of tetrazole rings is 1. The summed E-state index contributed by atoms with van der Waals surface area (Å²) >= 11 is 3.19. The molecule has 0 saturated heterocycles. The quantitative estimate of drug-likeness (QED) is 0.789. The van der Waals surface area contributed by atoms with Crippen LogP contribution in [0.4, 0.5) is 0 Å². The van der Waals surface area contributed by atoms with Crippen LogP contribution in [0.1, 0.15) is 16.2 Å². The number of amides is 1. The minimum atomic E-state index is -0.246. The van der Waals surface area contributed by atoms with Crippen LogP contribution in [0.25, 0.3) is 0 Å². The number of pyridine rings is 1. The van der Waals surface area contributed by atoms with Gasteiger partial charge in [0.15, 0.2) is 5.82 Å². The molecule has 0 aliphatic heterocycles. The molecular weight excluding hydrogens is 276 g/mol. The molecule has 82 valence electrons. The Hall–Kier alpha value is -1.83. The molecule has 8 heteroatoms. The van der Waals surface area contributed by atoms with E-state index in [1.165, 1.54) is 0 Å². The van der Waals surface area contributed by atoms with Gasteiger partial charge in [-0.3, -0.25) is 4.79 Å². The number of rotatable bonds is 3. The van der Waals surface area contributed by atoms with E-state index in [4.69, 9.17) is 0 Å². The molecule has 0 aliphatic rings. The van der Waals surface area contributed by atoms with Crippen LogP contribution in [-0.4, -0.2) is 31.5 Å². The highest BCUT2D eigenvalue weighted by Gasteiger charge is 2.10. The molecule has 0 spiro atoms. The van der Waals surface area contributed by atoms with Crippen LogP contribution in [0.2, 0.25) is 0 Å². The van der Waals surface area contributed by atoms with Gasteiger partial charge in [-0.15, -0.1) is 10.2 Å². The lowest BCUT2D eigenvalue weighted by Crippen LogP contribution is -2.24. The van der Waals surface area contributed by atoms with Crippen molar-refractivity contribution in [3.8, 4) is 0 Å². The van der Waals surface area contributed by atoms with E-state index in [1.54, 1.807) is 18.3 Å². The molecule has 0 fully saturated rings. The molecule has 0 bridgehead atoms. The van der Waals surface area contributed by atoms with Gasteiger partial charge >= 0.3 is 0 Å². The minimum Gasteiger partial charge on any atom is -0.345 e. The monoisotopic (exact) mass is 282 g/mol.